The molecule has 0 saturated heterocycles. The molecule has 0 unspecified atom stereocenters. The van der Waals surface area contributed by atoms with Crippen LogP contribution in [0.2, 0.25) is 19.6 Å². The molecule has 0 spiro atoms. The van der Waals surface area contributed by atoms with Crippen molar-refractivity contribution in [3.8, 4) is 0 Å². The van der Waals surface area contributed by atoms with Crippen LogP contribution < -0.4 is 0 Å². The fourth-order valence-corrected chi connectivity index (χ4v) is 1.65. The van der Waals surface area contributed by atoms with Gasteiger partial charge in [0.05, 0.1) is 0 Å². The van der Waals surface area contributed by atoms with Gasteiger partial charge in [-0.2, -0.15) is 0 Å². The molecule has 0 aromatic carbocycles. The summed E-state index contributed by atoms with van der Waals surface area (Å²) < 4.78 is 5.67. The van der Waals surface area contributed by atoms with E-state index in [1.807, 2.05) is 0 Å². The van der Waals surface area contributed by atoms with Crippen LogP contribution in [0, 0.1) is 0 Å². The number of allylic oxidation sites excluding steroid dienone is 1. The smallest absolute Gasteiger partial charge is 0.183 e. The van der Waals surface area contributed by atoms with Gasteiger partial charge in [-0.15, -0.1) is 0 Å². The van der Waals surface area contributed by atoms with E-state index in [1.165, 1.54) is 0 Å². The number of hydrogen-bond acceptors (Lipinski definition) is 2. The van der Waals surface area contributed by atoms with Crippen molar-refractivity contribution in [2.24, 2.45) is 0 Å². The predicted molar refractivity (Wildman–Crippen MR) is 58.4 cm³/mol. The minimum absolute atomic E-state index is 0.688. The van der Waals surface area contributed by atoms with Gasteiger partial charge >= 0.3 is 0 Å². The van der Waals surface area contributed by atoms with Gasteiger partial charge < -0.3 is 4.43 Å². The van der Waals surface area contributed by atoms with Gasteiger partial charge in [-0.25, -0.2) is 0 Å². The largest absolute Gasteiger partial charge is 0.418 e. The van der Waals surface area contributed by atoms with E-state index in [4.69, 9.17) is 4.43 Å². The van der Waals surface area contributed by atoms with Gasteiger partial charge in [0.2, 0.25) is 0 Å². The van der Waals surface area contributed by atoms with Crippen LogP contribution in [0.15, 0.2) is 12.2 Å². The molecule has 0 aliphatic rings. The molecule has 0 aromatic rings. The van der Waals surface area contributed by atoms with Crippen molar-refractivity contribution in [3.05, 3.63) is 12.2 Å². The fraction of sp³-hybridized carbons (Fsp3) is 0.700. The van der Waals surface area contributed by atoms with Gasteiger partial charge in [-0.1, -0.05) is 6.58 Å². The molecule has 0 fully saturated rings. The molecule has 0 radical (unpaired) electrons. The number of carbonyl (C=O) groups excluding carboxylic acids is 1. The second-order valence-electron chi connectivity index (χ2n) is 4.19. The predicted octanol–water partition coefficient (Wildman–Crippen LogP) is 2.76. The molecule has 2 nitrogen and oxygen atoms in total. The maximum absolute atomic E-state index is 10.2. The van der Waals surface area contributed by atoms with Crippen LogP contribution in [-0.2, 0) is 9.22 Å². The zero-order valence-corrected chi connectivity index (χ0v) is 9.93. The van der Waals surface area contributed by atoms with E-state index in [0.717, 1.165) is 32.2 Å². The summed E-state index contributed by atoms with van der Waals surface area (Å²) in [6.45, 7) is 11.0. The normalized spacial score (nSPS) is 11.3. The third-order valence-electron chi connectivity index (χ3n) is 1.59. The van der Waals surface area contributed by atoms with E-state index in [2.05, 4.69) is 26.2 Å². The molecule has 0 bridgehead atoms. The van der Waals surface area contributed by atoms with Crippen molar-refractivity contribution in [2.75, 3.05) is 6.61 Å². The Labute approximate surface area is 82.1 Å². The molecular formula is C10H20O2Si. The lowest BCUT2D eigenvalue weighted by atomic mass is 10.1. The number of hydrogen-bond donors (Lipinski definition) is 0. The second kappa shape index (κ2) is 6.10. The molecule has 0 aliphatic carbocycles. The first-order valence-electron chi connectivity index (χ1n) is 4.72. The molecule has 0 amide bonds. The van der Waals surface area contributed by atoms with Crippen LogP contribution in [0.4, 0.5) is 0 Å². The summed E-state index contributed by atoms with van der Waals surface area (Å²) in [6, 6.07) is 0. The lowest BCUT2D eigenvalue weighted by Crippen LogP contribution is -2.25. The maximum Gasteiger partial charge on any atom is 0.183 e. The van der Waals surface area contributed by atoms with E-state index >= 15 is 0 Å². The van der Waals surface area contributed by atoms with E-state index in [1.54, 1.807) is 0 Å². The summed E-state index contributed by atoms with van der Waals surface area (Å²) in [4.78, 5) is 10.2. The Morgan fingerprint density at radius 3 is 2.46 bits per heavy atom. The van der Waals surface area contributed by atoms with Crippen molar-refractivity contribution in [1.29, 1.82) is 0 Å². The monoisotopic (exact) mass is 200 g/mol. The quantitative estimate of drug-likeness (QED) is 0.273. The SMILES string of the molecule is C=C(C=O)CCCCO[Si](C)(C)C. The van der Waals surface area contributed by atoms with Gasteiger partial charge in [-0.05, 0) is 44.5 Å². The van der Waals surface area contributed by atoms with Crippen molar-refractivity contribution in [3.63, 3.8) is 0 Å². The highest BCUT2D eigenvalue weighted by molar-refractivity contribution is 6.69. The highest BCUT2D eigenvalue weighted by atomic mass is 28.4. The lowest BCUT2D eigenvalue weighted by Gasteiger charge is -2.16. The minimum Gasteiger partial charge on any atom is -0.418 e. The molecule has 3 heteroatoms. The fourth-order valence-electron chi connectivity index (χ4n) is 0.891. The Morgan fingerprint density at radius 1 is 1.38 bits per heavy atom. The average molecular weight is 200 g/mol. The second-order valence-corrected chi connectivity index (χ2v) is 8.71. The van der Waals surface area contributed by atoms with Gasteiger partial charge in [0.15, 0.2) is 8.32 Å². The standard InChI is InChI=1S/C10H20O2Si/c1-10(9-11)7-5-6-8-12-13(2,3)4/h9H,1,5-8H2,2-4H3. The summed E-state index contributed by atoms with van der Waals surface area (Å²) in [7, 11) is -1.33. The number of aldehydes is 1. The van der Waals surface area contributed by atoms with Crippen LogP contribution in [-0.4, -0.2) is 21.2 Å². The highest BCUT2D eigenvalue weighted by Gasteiger charge is 2.12. The lowest BCUT2D eigenvalue weighted by molar-refractivity contribution is -0.105. The summed E-state index contributed by atoms with van der Waals surface area (Å²) in [6.07, 6.45) is 3.66. The summed E-state index contributed by atoms with van der Waals surface area (Å²) in [5.74, 6) is 0. The van der Waals surface area contributed by atoms with Crippen molar-refractivity contribution >= 4 is 14.6 Å². The van der Waals surface area contributed by atoms with Crippen LogP contribution in [0.1, 0.15) is 19.3 Å². The highest BCUT2D eigenvalue weighted by Crippen LogP contribution is 2.07. The van der Waals surface area contributed by atoms with Crippen molar-refractivity contribution < 1.29 is 9.22 Å². The topological polar surface area (TPSA) is 26.3 Å². The first-order valence-corrected chi connectivity index (χ1v) is 8.13. The first-order chi connectivity index (χ1) is 5.95. The molecule has 0 saturated carbocycles. The molecule has 0 N–H and O–H groups in total. The molecule has 0 heterocycles. The molecule has 0 aromatic heterocycles. The van der Waals surface area contributed by atoms with Crippen LogP contribution in [0.5, 0.6) is 0 Å². The Bertz CT molecular complexity index is 170. The van der Waals surface area contributed by atoms with Gasteiger partial charge in [0, 0.05) is 6.61 Å². The summed E-state index contributed by atoms with van der Waals surface area (Å²) in [5, 5.41) is 0. The van der Waals surface area contributed by atoms with E-state index in [0.29, 0.717) is 5.57 Å². The van der Waals surface area contributed by atoms with Gasteiger partial charge in [0.25, 0.3) is 0 Å². The Morgan fingerprint density at radius 2 is 2.00 bits per heavy atom. The van der Waals surface area contributed by atoms with E-state index < -0.39 is 8.32 Å². The number of unbranched alkanes of at least 4 members (excludes halogenated alkanes) is 1. The van der Waals surface area contributed by atoms with Crippen LogP contribution in [0.3, 0.4) is 0 Å². The van der Waals surface area contributed by atoms with Crippen molar-refractivity contribution in [2.45, 2.75) is 38.9 Å². The van der Waals surface area contributed by atoms with E-state index in [9.17, 15) is 4.79 Å². The Balaban J connectivity index is 3.27. The molecule has 76 valence electrons. The zero-order valence-electron chi connectivity index (χ0n) is 8.93. The van der Waals surface area contributed by atoms with Crippen molar-refractivity contribution in [1.82, 2.24) is 0 Å². The average Bonchev–Trinajstić information content (AvgIpc) is 2.01. The Kier molecular flexibility index (Phi) is 5.91. The summed E-state index contributed by atoms with van der Waals surface area (Å²) in [5.41, 5.74) is 0.688. The molecule has 0 aliphatic heterocycles. The summed E-state index contributed by atoms with van der Waals surface area (Å²) >= 11 is 0. The van der Waals surface area contributed by atoms with Gasteiger partial charge in [-0.3, -0.25) is 4.79 Å². The third-order valence-corrected chi connectivity index (χ3v) is 2.66. The van der Waals surface area contributed by atoms with Gasteiger partial charge in [0.1, 0.15) is 6.29 Å². The molecule has 0 atom stereocenters. The molecule has 0 rings (SSSR count). The molecule has 13 heavy (non-hydrogen) atoms. The molecular weight excluding hydrogens is 180 g/mol. The maximum atomic E-state index is 10.2. The number of rotatable bonds is 7. The third kappa shape index (κ3) is 9.50. The Hall–Kier alpha value is -0.413. The zero-order chi connectivity index (χ0) is 10.3. The van der Waals surface area contributed by atoms with Crippen LogP contribution >= 0.6 is 0 Å². The van der Waals surface area contributed by atoms with E-state index in [-0.39, 0.29) is 0 Å². The minimum atomic E-state index is -1.33. The first kappa shape index (κ1) is 12.6. The van der Waals surface area contributed by atoms with Crippen LogP contribution in [0.25, 0.3) is 0 Å². The number of carbonyl (C=O) groups is 1.